The quantitative estimate of drug-likeness (QED) is 0.515. The molecule has 0 aliphatic rings. The minimum Gasteiger partial charge on any atom is -0.482 e. The number of sulfonamides is 1. The van der Waals surface area contributed by atoms with Gasteiger partial charge in [0.1, 0.15) is 11.6 Å². The summed E-state index contributed by atoms with van der Waals surface area (Å²) >= 11 is 6.15. The number of benzene rings is 3. The lowest BCUT2D eigenvalue weighted by Gasteiger charge is -2.15. The molecule has 2 N–H and O–H groups in total. The average molecular weight is 463 g/mol. The zero-order chi connectivity index (χ0) is 22.4. The summed E-state index contributed by atoms with van der Waals surface area (Å²) in [5.74, 6) is -1.03. The molecule has 1 atom stereocenters. The van der Waals surface area contributed by atoms with Crippen molar-refractivity contribution in [1.82, 2.24) is 4.72 Å². The Morgan fingerprint density at radius 3 is 2.42 bits per heavy atom. The standard InChI is InChI=1S/C22H20ClFN2O4S/c1-15(16-7-3-2-4-8-16)26-31(28,29)17-11-12-21(18(23)13-17)30-14-22(27)25-20-10-6-5-9-19(20)24/h2-13,15,26H,14H2,1H3,(H,25,27)/t15-/m1/s1. The van der Waals surface area contributed by atoms with E-state index >= 15 is 0 Å². The van der Waals surface area contributed by atoms with E-state index in [1.54, 1.807) is 13.0 Å². The molecule has 0 saturated heterocycles. The van der Waals surface area contributed by atoms with Crippen LogP contribution in [0, 0.1) is 5.82 Å². The fraction of sp³-hybridized carbons (Fsp3) is 0.136. The summed E-state index contributed by atoms with van der Waals surface area (Å²) in [6, 6.07) is 18.4. The van der Waals surface area contributed by atoms with Crippen LogP contribution in [-0.4, -0.2) is 20.9 Å². The average Bonchev–Trinajstić information content (AvgIpc) is 2.75. The maximum absolute atomic E-state index is 13.6. The Bertz CT molecular complexity index is 1170. The van der Waals surface area contributed by atoms with E-state index in [4.69, 9.17) is 16.3 Å². The van der Waals surface area contributed by atoms with Crippen molar-refractivity contribution in [1.29, 1.82) is 0 Å². The highest BCUT2D eigenvalue weighted by atomic mass is 35.5. The molecule has 0 spiro atoms. The molecule has 1 amide bonds. The Morgan fingerprint density at radius 1 is 1.06 bits per heavy atom. The van der Waals surface area contributed by atoms with Gasteiger partial charge >= 0.3 is 0 Å². The van der Waals surface area contributed by atoms with E-state index in [1.807, 2.05) is 30.3 Å². The fourth-order valence-electron chi connectivity index (χ4n) is 2.77. The number of nitrogens with one attached hydrogen (secondary N) is 2. The molecule has 0 heterocycles. The van der Waals surface area contributed by atoms with Crippen LogP contribution in [0.3, 0.4) is 0 Å². The van der Waals surface area contributed by atoms with E-state index in [-0.39, 0.29) is 21.4 Å². The Hall–Kier alpha value is -2.94. The SMILES string of the molecule is C[C@@H](NS(=O)(=O)c1ccc(OCC(=O)Nc2ccccc2F)c(Cl)c1)c1ccccc1. The monoisotopic (exact) mass is 462 g/mol. The lowest BCUT2D eigenvalue weighted by molar-refractivity contribution is -0.118. The van der Waals surface area contributed by atoms with Crippen LogP contribution < -0.4 is 14.8 Å². The van der Waals surface area contributed by atoms with Crippen molar-refractivity contribution in [3.8, 4) is 5.75 Å². The molecule has 3 aromatic carbocycles. The Morgan fingerprint density at radius 2 is 1.74 bits per heavy atom. The number of hydrogen-bond donors (Lipinski definition) is 2. The van der Waals surface area contributed by atoms with Gasteiger partial charge in [-0.25, -0.2) is 17.5 Å². The normalized spacial score (nSPS) is 12.2. The molecule has 9 heteroatoms. The van der Waals surface area contributed by atoms with E-state index in [0.29, 0.717) is 0 Å². The van der Waals surface area contributed by atoms with Gasteiger partial charge in [0.25, 0.3) is 5.91 Å². The van der Waals surface area contributed by atoms with Gasteiger partial charge in [-0.3, -0.25) is 4.79 Å². The largest absolute Gasteiger partial charge is 0.482 e. The van der Waals surface area contributed by atoms with Crippen LogP contribution in [-0.2, 0) is 14.8 Å². The highest BCUT2D eigenvalue weighted by Gasteiger charge is 2.20. The molecule has 31 heavy (non-hydrogen) atoms. The first kappa shape index (κ1) is 22.7. The molecule has 0 aliphatic carbocycles. The first-order valence-electron chi connectivity index (χ1n) is 9.30. The predicted molar refractivity (Wildman–Crippen MR) is 117 cm³/mol. The van der Waals surface area contributed by atoms with Crippen molar-refractivity contribution in [3.05, 3.63) is 89.2 Å². The zero-order valence-electron chi connectivity index (χ0n) is 16.5. The Balaban J connectivity index is 1.64. The summed E-state index contributed by atoms with van der Waals surface area (Å²) in [6.07, 6.45) is 0. The molecule has 3 rings (SSSR count). The molecule has 0 saturated carbocycles. The third-order valence-corrected chi connectivity index (χ3v) is 6.19. The van der Waals surface area contributed by atoms with Gasteiger partial charge in [0, 0.05) is 6.04 Å². The second-order valence-corrected chi connectivity index (χ2v) is 8.78. The summed E-state index contributed by atoms with van der Waals surface area (Å²) in [6.45, 7) is 1.31. The first-order chi connectivity index (χ1) is 14.8. The summed E-state index contributed by atoms with van der Waals surface area (Å²) in [5.41, 5.74) is 0.847. The number of carbonyl (C=O) groups excluding carboxylic acids is 1. The number of halogens is 2. The Labute approximate surface area is 185 Å². The minimum atomic E-state index is -3.83. The van der Waals surface area contributed by atoms with Crippen LogP contribution >= 0.6 is 11.6 Å². The van der Waals surface area contributed by atoms with Gasteiger partial charge in [0.15, 0.2) is 6.61 Å². The van der Waals surface area contributed by atoms with Gasteiger partial charge in [-0.15, -0.1) is 0 Å². The molecule has 0 bridgehead atoms. The molecular formula is C22H20ClFN2O4S. The van der Waals surface area contributed by atoms with E-state index in [1.165, 1.54) is 36.4 Å². The zero-order valence-corrected chi connectivity index (χ0v) is 18.1. The second-order valence-electron chi connectivity index (χ2n) is 6.66. The van der Waals surface area contributed by atoms with Crippen molar-refractivity contribution in [2.75, 3.05) is 11.9 Å². The van der Waals surface area contributed by atoms with Crippen molar-refractivity contribution >= 4 is 33.2 Å². The molecule has 0 radical (unpaired) electrons. The molecule has 0 aliphatic heterocycles. The number of hydrogen-bond acceptors (Lipinski definition) is 4. The van der Waals surface area contributed by atoms with Gasteiger partial charge in [0.05, 0.1) is 15.6 Å². The van der Waals surface area contributed by atoms with Gasteiger partial charge < -0.3 is 10.1 Å². The highest BCUT2D eigenvalue weighted by molar-refractivity contribution is 7.89. The Kier molecular flexibility index (Phi) is 7.27. The third kappa shape index (κ3) is 6.04. The lowest BCUT2D eigenvalue weighted by Crippen LogP contribution is -2.27. The van der Waals surface area contributed by atoms with Gasteiger partial charge in [0.2, 0.25) is 10.0 Å². The van der Waals surface area contributed by atoms with E-state index < -0.39 is 34.4 Å². The van der Waals surface area contributed by atoms with Gasteiger partial charge in [-0.05, 0) is 42.8 Å². The van der Waals surface area contributed by atoms with E-state index in [0.717, 1.165) is 5.56 Å². The molecule has 0 fully saturated rings. The summed E-state index contributed by atoms with van der Waals surface area (Å²) < 4.78 is 46.9. The fourth-order valence-corrected chi connectivity index (χ4v) is 4.33. The molecule has 3 aromatic rings. The van der Waals surface area contributed by atoms with Crippen LogP contribution in [0.2, 0.25) is 5.02 Å². The number of rotatable bonds is 8. The van der Waals surface area contributed by atoms with Gasteiger partial charge in [-0.1, -0.05) is 54.1 Å². The molecular weight excluding hydrogens is 443 g/mol. The number of carbonyl (C=O) groups is 1. The second kappa shape index (κ2) is 9.91. The van der Waals surface area contributed by atoms with Gasteiger partial charge in [-0.2, -0.15) is 0 Å². The first-order valence-corrected chi connectivity index (χ1v) is 11.2. The van der Waals surface area contributed by atoms with Crippen LogP contribution in [0.25, 0.3) is 0 Å². The van der Waals surface area contributed by atoms with E-state index in [2.05, 4.69) is 10.0 Å². The van der Waals surface area contributed by atoms with Crippen LogP contribution in [0.5, 0.6) is 5.75 Å². The van der Waals surface area contributed by atoms with Crippen molar-refractivity contribution < 1.29 is 22.3 Å². The van der Waals surface area contributed by atoms with Crippen LogP contribution in [0.15, 0.2) is 77.7 Å². The number of amides is 1. The van der Waals surface area contributed by atoms with Crippen molar-refractivity contribution in [2.24, 2.45) is 0 Å². The molecule has 162 valence electrons. The van der Waals surface area contributed by atoms with Crippen molar-refractivity contribution in [3.63, 3.8) is 0 Å². The maximum Gasteiger partial charge on any atom is 0.262 e. The summed E-state index contributed by atoms with van der Waals surface area (Å²) in [7, 11) is -3.83. The number of ether oxygens (including phenoxy) is 1. The summed E-state index contributed by atoms with van der Waals surface area (Å²) in [4.78, 5) is 11.9. The topological polar surface area (TPSA) is 84.5 Å². The van der Waals surface area contributed by atoms with Crippen LogP contribution in [0.4, 0.5) is 10.1 Å². The maximum atomic E-state index is 13.6. The van der Waals surface area contributed by atoms with E-state index in [9.17, 15) is 17.6 Å². The summed E-state index contributed by atoms with van der Waals surface area (Å²) in [5, 5.41) is 2.41. The predicted octanol–water partition coefficient (Wildman–Crippen LogP) is 4.54. The molecule has 6 nitrogen and oxygen atoms in total. The van der Waals surface area contributed by atoms with Crippen LogP contribution in [0.1, 0.15) is 18.5 Å². The molecule has 0 aromatic heterocycles. The lowest BCUT2D eigenvalue weighted by atomic mass is 10.1. The minimum absolute atomic E-state index is 0.0222. The molecule has 0 unspecified atom stereocenters. The smallest absolute Gasteiger partial charge is 0.262 e. The highest BCUT2D eigenvalue weighted by Crippen LogP contribution is 2.28. The number of anilines is 1. The number of para-hydroxylation sites is 1. The van der Waals surface area contributed by atoms with Crippen molar-refractivity contribution in [2.45, 2.75) is 17.9 Å². The third-order valence-electron chi connectivity index (χ3n) is 4.35.